The first kappa shape index (κ1) is 20.0. The molecule has 0 saturated carbocycles. The van der Waals surface area contributed by atoms with E-state index < -0.39 is 5.97 Å². The van der Waals surface area contributed by atoms with E-state index in [0.29, 0.717) is 11.3 Å². The lowest BCUT2D eigenvalue weighted by Gasteiger charge is -2.13. The topological polar surface area (TPSA) is 93.2 Å². The molecule has 0 aliphatic rings. The Morgan fingerprint density at radius 1 is 0.966 bits per heavy atom. The summed E-state index contributed by atoms with van der Waals surface area (Å²) in [5.41, 5.74) is 5.28. The number of nitrogens with one attached hydrogen (secondary N) is 2. The summed E-state index contributed by atoms with van der Waals surface area (Å²) in [6, 6.07) is 12.3. The molecular formula is C22H22N4O3. The van der Waals surface area contributed by atoms with Crippen LogP contribution in [0.1, 0.15) is 37.5 Å². The highest BCUT2D eigenvalue weighted by molar-refractivity contribution is 6.03. The van der Waals surface area contributed by atoms with Crippen LogP contribution in [0.5, 0.6) is 0 Å². The average Bonchev–Trinajstić information content (AvgIpc) is 2.70. The minimum atomic E-state index is -0.409. The molecule has 29 heavy (non-hydrogen) atoms. The molecule has 1 amide bonds. The number of rotatable bonds is 5. The molecule has 0 aliphatic heterocycles. The average molecular weight is 390 g/mol. The third-order valence-corrected chi connectivity index (χ3v) is 4.37. The first-order chi connectivity index (χ1) is 13.9. The summed E-state index contributed by atoms with van der Waals surface area (Å²) in [7, 11) is 1.33. The van der Waals surface area contributed by atoms with Crippen molar-refractivity contribution in [1.29, 1.82) is 0 Å². The van der Waals surface area contributed by atoms with E-state index in [9.17, 15) is 9.59 Å². The van der Waals surface area contributed by atoms with Gasteiger partial charge in [-0.15, -0.1) is 0 Å². The molecular weight excluding hydrogens is 368 g/mol. The van der Waals surface area contributed by atoms with Crippen LogP contribution < -0.4 is 10.6 Å². The van der Waals surface area contributed by atoms with Crippen LogP contribution in [0.15, 0.2) is 48.7 Å². The Kier molecular flexibility index (Phi) is 5.87. The Bertz CT molecular complexity index is 1040. The number of aryl methyl sites for hydroxylation is 3. The minimum Gasteiger partial charge on any atom is -0.465 e. The number of ether oxygens (including phenoxy) is 1. The van der Waals surface area contributed by atoms with E-state index in [4.69, 9.17) is 0 Å². The van der Waals surface area contributed by atoms with Crippen molar-refractivity contribution >= 4 is 29.2 Å². The van der Waals surface area contributed by atoms with Gasteiger partial charge < -0.3 is 15.4 Å². The fourth-order valence-electron chi connectivity index (χ4n) is 3.04. The number of methoxy groups -OCH3 is 1. The zero-order valence-electron chi connectivity index (χ0n) is 16.7. The van der Waals surface area contributed by atoms with E-state index in [-0.39, 0.29) is 17.5 Å². The standard InChI is InChI=1S/C22H22N4O3/c1-13-11-14(2)19(15(3)12-13)26-20(27)18-9-10-23-22(25-18)24-17-7-5-16(6-8-17)21(28)29-4/h5-12H,1-4H3,(H,26,27)(H,23,24,25). The lowest BCUT2D eigenvalue weighted by Crippen LogP contribution is -2.16. The van der Waals surface area contributed by atoms with Crippen molar-refractivity contribution in [2.24, 2.45) is 0 Å². The van der Waals surface area contributed by atoms with Crippen molar-refractivity contribution in [2.75, 3.05) is 17.7 Å². The number of amides is 1. The molecule has 148 valence electrons. The largest absolute Gasteiger partial charge is 0.465 e. The summed E-state index contributed by atoms with van der Waals surface area (Å²) in [6.07, 6.45) is 1.52. The van der Waals surface area contributed by atoms with Crippen LogP contribution in [0.25, 0.3) is 0 Å². The summed E-state index contributed by atoms with van der Waals surface area (Å²) >= 11 is 0. The van der Waals surface area contributed by atoms with Crippen LogP contribution in [-0.4, -0.2) is 29.0 Å². The fourth-order valence-corrected chi connectivity index (χ4v) is 3.04. The Labute approximate surface area is 169 Å². The molecule has 0 spiro atoms. The van der Waals surface area contributed by atoms with Crippen LogP contribution in [0.4, 0.5) is 17.3 Å². The Morgan fingerprint density at radius 3 is 2.24 bits per heavy atom. The van der Waals surface area contributed by atoms with Gasteiger partial charge in [0, 0.05) is 17.6 Å². The number of carbonyl (C=O) groups excluding carboxylic acids is 2. The number of aromatic nitrogens is 2. The third-order valence-electron chi connectivity index (χ3n) is 4.37. The highest BCUT2D eigenvalue weighted by Gasteiger charge is 2.13. The summed E-state index contributed by atoms with van der Waals surface area (Å²) in [4.78, 5) is 32.6. The SMILES string of the molecule is COC(=O)c1ccc(Nc2nccc(C(=O)Nc3c(C)cc(C)cc3C)n2)cc1. The number of nitrogens with zero attached hydrogens (tertiary/aromatic N) is 2. The van der Waals surface area contributed by atoms with Gasteiger partial charge in [0.05, 0.1) is 12.7 Å². The lowest BCUT2D eigenvalue weighted by atomic mass is 10.1. The Hall–Kier alpha value is -3.74. The molecule has 0 atom stereocenters. The van der Waals surface area contributed by atoms with Crippen LogP contribution in [0.3, 0.4) is 0 Å². The number of hydrogen-bond acceptors (Lipinski definition) is 6. The monoisotopic (exact) mass is 390 g/mol. The van der Waals surface area contributed by atoms with Crippen LogP contribution in [-0.2, 0) is 4.74 Å². The molecule has 0 saturated heterocycles. The molecule has 0 unspecified atom stereocenters. The second-order valence-electron chi connectivity index (χ2n) is 6.69. The van der Waals surface area contributed by atoms with Crippen molar-refractivity contribution in [3.63, 3.8) is 0 Å². The van der Waals surface area contributed by atoms with Gasteiger partial charge >= 0.3 is 5.97 Å². The predicted octanol–water partition coefficient (Wildman–Crippen LogP) is 4.18. The highest BCUT2D eigenvalue weighted by Crippen LogP contribution is 2.22. The van der Waals surface area contributed by atoms with Gasteiger partial charge in [-0.05, 0) is 62.2 Å². The van der Waals surface area contributed by atoms with E-state index in [2.05, 4.69) is 25.3 Å². The summed E-state index contributed by atoms with van der Waals surface area (Å²) in [6.45, 7) is 5.94. The lowest BCUT2D eigenvalue weighted by molar-refractivity contribution is 0.0600. The van der Waals surface area contributed by atoms with Crippen LogP contribution in [0.2, 0.25) is 0 Å². The maximum absolute atomic E-state index is 12.7. The van der Waals surface area contributed by atoms with Gasteiger partial charge in [0.15, 0.2) is 0 Å². The molecule has 1 aromatic heterocycles. The molecule has 0 bridgehead atoms. The van der Waals surface area contributed by atoms with Gasteiger partial charge in [0.25, 0.3) is 5.91 Å². The minimum absolute atomic E-state index is 0.244. The number of esters is 1. The summed E-state index contributed by atoms with van der Waals surface area (Å²) in [5, 5.41) is 5.95. The maximum atomic E-state index is 12.7. The van der Waals surface area contributed by atoms with Crippen LogP contribution >= 0.6 is 0 Å². The summed E-state index contributed by atoms with van der Waals surface area (Å²) < 4.78 is 4.68. The molecule has 3 rings (SSSR count). The molecule has 7 heteroatoms. The molecule has 0 fully saturated rings. The maximum Gasteiger partial charge on any atom is 0.337 e. The fraction of sp³-hybridized carbons (Fsp3) is 0.182. The van der Waals surface area contributed by atoms with Gasteiger partial charge in [-0.2, -0.15) is 0 Å². The number of carbonyl (C=O) groups is 2. The van der Waals surface area contributed by atoms with E-state index in [1.807, 2.05) is 32.9 Å². The third kappa shape index (κ3) is 4.76. The molecule has 0 radical (unpaired) electrons. The molecule has 2 aromatic carbocycles. The summed E-state index contributed by atoms with van der Waals surface area (Å²) in [5.74, 6) is -0.444. The molecule has 3 aromatic rings. The van der Waals surface area contributed by atoms with E-state index >= 15 is 0 Å². The van der Waals surface area contributed by atoms with Crippen molar-refractivity contribution in [2.45, 2.75) is 20.8 Å². The quantitative estimate of drug-likeness (QED) is 0.635. The number of hydrogen-bond donors (Lipinski definition) is 2. The van der Waals surface area contributed by atoms with Gasteiger partial charge in [-0.25, -0.2) is 14.8 Å². The smallest absolute Gasteiger partial charge is 0.337 e. The number of benzene rings is 2. The zero-order chi connectivity index (χ0) is 21.0. The van der Waals surface area contributed by atoms with E-state index in [1.165, 1.54) is 13.3 Å². The van der Waals surface area contributed by atoms with Gasteiger partial charge in [-0.3, -0.25) is 4.79 Å². The second kappa shape index (κ2) is 8.52. The Morgan fingerprint density at radius 2 is 1.62 bits per heavy atom. The normalized spacial score (nSPS) is 10.3. The Balaban J connectivity index is 1.75. The predicted molar refractivity (Wildman–Crippen MR) is 112 cm³/mol. The first-order valence-electron chi connectivity index (χ1n) is 9.05. The van der Waals surface area contributed by atoms with Gasteiger partial charge in [0.2, 0.25) is 5.95 Å². The van der Waals surface area contributed by atoms with E-state index in [1.54, 1.807) is 30.3 Å². The molecule has 2 N–H and O–H groups in total. The highest BCUT2D eigenvalue weighted by atomic mass is 16.5. The van der Waals surface area contributed by atoms with Gasteiger partial charge in [-0.1, -0.05) is 17.7 Å². The van der Waals surface area contributed by atoms with Crippen molar-refractivity contribution in [3.8, 4) is 0 Å². The van der Waals surface area contributed by atoms with E-state index in [0.717, 1.165) is 22.4 Å². The number of anilines is 3. The second-order valence-corrected chi connectivity index (χ2v) is 6.69. The van der Waals surface area contributed by atoms with Gasteiger partial charge in [0.1, 0.15) is 5.69 Å². The van der Waals surface area contributed by atoms with Crippen molar-refractivity contribution < 1.29 is 14.3 Å². The van der Waals surface area contributed by atoms with Crippen molar-refractivity contribution in [3.05, 3.63) is 76.6 Å². The van der Waals surface area contributed by atoms with Crippen molar-refractivity contribution in [1.82, 2.24) is 9.97 Å². The molecule has 1 heterocycles. The first-order valence-corrected chi connectivity index (χ1v) is 9.05. The van der Waals surface area contributed by atoms with Crippen LogP contribution in [0, 0.1) is 20.8 Å². The zero-order valence-corrected chi connectivity index (χ0v) is 16.7. The molecule has 7 nitrogen and oxygen atoms in total. The molecule has 0 aliphatic carbocycles.